The zero-order valence-corrected chi connectivity index (χ0v) is 10.5. The van der Waals surface area contributed by atoms with E-state index >= 15 is 0 Å². The van der Waals surface area contributed by atoms with E-state index in [4.69, 9.17) is 0 Å². The van der Waals surface area contributed by atoms with Crippen LogP contribution in [0.1, 0.15) is 23.6 Å². The van der Waals surface area contributed by atoms with Gasteiger partial charge in [0.05, 0.1) is 4.92 Å². The fraction of sp³-hybridized carbons (Fsp3) is 0.214. The van der Waals surface area contributed by atoms with Gasteiger partial charge < -0.3 is 9.36 Å². The van der Waals surface area contributed by atoms with Crippen molar-refractivity contribution in [2.45, 2.75) is 12.3 Å². The molecule has 1 heterocycles. The Bertz CT molecular complexity index is 587. The fourth-order valence-electron chi connectivity index (χ4n) is 2.19. The normalized spacial score (nSPS) is 12.1. The summed E-state index contributed by atoms with van der Waals surface area (Å²) in [6.07, 6.45) is 3.15. The molecule has 0 aliphatic heterocycles. The van der Waals surface area contributed by atoms with Crippen LogP contribution >= 0.6 is 0 Å². The molecule has 1 aromatic heterocycles. The van der Waals surface area contributed by atoms with Crippen LogP contribution in [0, 0.1) is 10.1 Å². The number of hydrogen-bond acceptors (Lipinski definition) is 3. The number of nitrogens with zero attached hydrogens (tertiary/aromatic N) is 2. The molecule has 0 N–H and O–H groups in total. The van der Waals surface area contributed by atoms with Gasteiger partial charge in [-0.05, 0) is 17.7 Å². The van der Waals surface area contributed by atoms with Gasteiger partial charge in [-0.2, -0.15) is 0 Å². The molecule has 0 amide bonds. The van der Waals surface area contributed by atoms with Gasteiger partial charge in [0.2, 0.25) is 0 Å². The second-order valence-electron chi connectivity index (χ2n) is 4.35. The molecule has 0 fully saturated rings. The lowest BCUT2D eigenvalue weighted by Crippen LogP contribution is -2.07. The van der Waals surface area contributed by atoms with E-state index in [2.05, 4.69) is 0 Å². The van der Waals surface area contributed by atoms with E-state index in [1.165, 1.54) is 12.1 Å². The van der Waals surface area contributed by atoms with Crippen LogP contribution in [0.25, 0.3) is 0 Å². The smallest absolute Gasteiger partial charge is 0.269 e. The molecule has 1 atom stereocenters. The fourth-order valence-corrected chi connectivity index (χ4v) is 2.19. The van der Waals surface area contributed by atoms with E-state index in [-0.39, 0.29) is 11.6 Å². The van der Waals surface area contributed by atoms with Crippen LogP contribution in [0.3, 0.4) is 0 Å². The Morgan fingerprint density at radius 2 is 2.00 bits per heavy atom. The van der Waals surface area contributed by atoms with Crippen molar-refractivity contribution in [2.24, 2.45) is 7.05 Å². The van der Waals surface area contributed by atoms with Crippen molar-refractivity contribution < 1.29 is 9.72 Å². The van der Waals surface area contributed by atoms with Crippen molar-refractivity contribution >= 4 is 12.0 Å². The molecule has 0 aliphatic carbocycles. The number of carbonyl (C=O) groups is 1. The number of rotatable bonds is 5. The number of hydrogen-bond donors (Lipinski definition) is 0. The summed E-state index contributed by atoms with van der Waals surface area (Å²) in [5.74, 6) is -0.0710. The Balaban J connectivity index is 2.37. The number of nitro groups is 1. The third kappa shape index (κ3) is 2.70. The topological polar surface area (TPSA) is 65.1 Å². The van der Waals surface area contributed by atoms with Crippen LogP contribution in [0.5, 0.6) is 0 Å². The number of aryl methyl sites for hydroxylation is 1. The van der Waals surface area contributed by atoms with E-state index in [0.29, 0.717) is 6.42 Å². The number of non-ortho nitro benzene ring substituents is 1. The van der Waals surface area contributed by atoms with Crippen LogP contribution < -0.4 is 0 Å². The average molecular weight is 258 g/mol. The maximum atomic E-state index is 10.9. The van der Waals surface area contributed by atoms with Gasteiger partial charge in [0.25, 0.3) is 5.69 Å². The van der Waals surface area contributed by atoms with Gasteiger partial charge in [0, 0.05) is 43.4 Å². The first-order valence-electron chi connectivity index (χ1n) is 5.92. The Morgan fingerprint density at radius 3 is 2.47 bits per heavy atom. The van der Waals surface area contributed by atoms with E-state index < -0.39 is 4.92 Å². The van der Waals surface area contributed by atoms with Crippen molar-refractivity contribution in [1.29, 1.82) is 0 Å². The first-order valence-corrected chi connectivity index (χ1v) is 5.92. The lowest BCUT2D eigenvalue weighted by molar-refractivity contribution is -0.384. The largest absolute Gasteiger partial charge is 0.354 e. The van der Waals surface area contributed by atoms with Gasteiger partial charge in [-0.25, -0.2) is 0 Å². The third-order valence-electron chi connectivity index (χ3n) is 3.18. The van der Waals surface area contributed by atoms with E-state index in [1.54, 1.807) is 12.1 Å². The monoisotopic (exact) mass is 258 g/mol. The molecule has 0 saturated heterocycles. The minimum atomic E-state index is -0.430. The van der Waals surface area contributed by atoms with Crippen LogP contribution in [0.4, 0.5) is 5.69 Å². The average Bonchev–Trinajstić information content (AvgIpc) is 2.82. The Kier molecular flexibility index (Phi) is 3.75. The summed E-state index contributed by atoms with van der Waals surface area (Å²) < 4.78 is 1.95. The van der Waals surface area contributed by atoms with E-state index in [0.717, 1.165) is 17.5 Å². The van der Waals surface area contributed by atoms with Crippen LogP contribution in [0.2, 0.25) is 0 Å². The van der Waals surface area contributed by atoms with Crippen LogP contribution in [0.15, 0.2) is 42.6 Å². The van der Waals surface area contributed by atoms with Crippen molar-refractivity contribution in [3.63, 3.8) is 0 Å². The summed E-state index contributed by atoms with van der Waals surface area (Å²) in [6.45, 7) is 0. The molecule has 5 nitrogen and oxygen atoms in total. The summed E-state index contributed by atoms with van der Waals surface area (Å²) in [5, 5.41) is 10.6. The summed E-state index contributed by atoms with van der Waals surface area (Å²) in [6, 6.07) is 10.2. The second-order valence-corrected chi connectivity index (χ2v) is 4.35. The van der Waals surface area contributed by atoms with Gasteiger partial charge in [0.1, 0.15) is 6.29 Å². The number of carbonyl (C=O) groups excluding carboxylic acids is 1. The molecule has 2 aromatic rings. The van der Waals surface area contributed by atoms with Crippen molar-refractivity contribution in [1.82, 2.24) is 4.57 Å². The van der Waals surface area contributed by atoms with Crippen LogP contribution in [-0.2, 0) is 11.8 Å². The van der Waals surface area contributed by atoms with E-state index in [1.807, 2.05) is 29.9 Å². The lowest BCUT2D eigenvalue weighted by Gasteiger charge is -2.16. The summed E-state index contributed by atoms with van der Waals surface area (Å²) in [7, 11) is 1.92. The molecule has 98 valence electrons. The van der Waals surface area contributed by atoms with E-state index in [9.17, 15) is 14.9 Å². The molecule has 0 spiro atoms. The summed E-state index contributed by atoms with van der Waals surface area (Å²) in [4.78, 5) is 21.1. The molecule has 5 heteroatoms. The summed E-state index contributed by atoms with van der Waals surface area (Å²) >= 11 is 0. The molecule has 0 unspecified atom stereocenters. The quantitative estimate of drug-likeness (QED) is 0.470. The molecule has 1 aromatic carbocycles. The van der Waals surface area contributed by atoms with Gasteiger partial charge >= 0.3 is 0 Å². The number of nitro benzene ring substituents is 1. The first kappa shape index (κ1) is 13.0. The number of aldehydes is 1. The number of benzene rings is 1. The zero-order valence-electron chi connectivity index (χ0n) is 10.5. The standard InChI is InChI=1S/C14H14N2O3/c1-15-9-2-3-14(15)13(8-10-17)11-4-6-12(7-5-11)16(18)19/h2-7,9-10,13H,8H2,1H3/t13-/m0/s1. The minimum absolute atomic E-state index is 0.0560. The minimum Gasteiger partial charge on any atom is -0.354 e. The third-order valence-corrected chi connectivity index (χ3v) is 3.18. The van der Waals surface area contributed by atoms with Gasteiger partial charge in [-0.15, -0.1) is 0 Å². The molecule has 2 rings (SSSR count). The van der Waals surface area contributed by atoms with Gasteiger partial charge in [0.15, 0.2) is 0 Å². The molecular weight excluding hydrogens is 244 g/mol. The molecular formula is C14H14N2O3. The Hall–Kier alpha value is -2.43. The molecule has 0 aliphatic rings. The first-order chi connectivity index (χ1) is 9.13. The highest BCUT2D eigenvalue weighted by Crippen LogP contribution is 2.28. The van der Waals surface area contributed by atoms with Crippen molar-refractivity contribution in [3.8, 4) is 0 Å². The molecule has 19 heavy (non-hydrogen) atoms. The van der Waals surface area contributed by atoms with Crippen molar-refractivity contribution in [3.05, 3.63) is 64.0 Å². The molecule has 0 saturated carbocycles. The number of aromatic nitrogens is 1. The summed E-state index contributed by atoms with van der Waals surface area (Å²) in [5.41, 5.74) is 1.97. The predicted molar refractivity (Wildman–Crippen MR) is 71.0 cm³/mol. The molecule has 0 bridgehead atoms. The van der Waals surface area contributed by atoms with Crippen molar-refractivity contribution in [2.75, 3.05) is 0 Å². The van der Waals surface area contributed by atoms with Gasteiger partial charge in [-0.3, -0.25) is 10.1 Å². The highest BCUT2D eigenvalue weighted by Gasteiger charge is 2.17. The molecule has 0 radical (unpaired) electrons. The Labute approximate surface area is 110 Å². The highest BCUT2D eigenvalue weighted by molar-refractivity contribution is 5.54. The predicted octanol–water partition coefficient (Wildman–Crippen LogP) is 2.65. The van der Waals surface area contributed by atoms with Gasteiger partial charge in [-0.1, -0.05) is 12.1 Å². The van der Waals surface area contributed by atoms with Crippen LogP contribution in [-0.4, -0.2) is 15.8 Å². The highest BCUT2D eigenvalue weighted by atomic mass is 16.6. The maximum Gasteiger partial charge on any atom is 0.269 e. The SMILES string of the molecule is Cn1cccc1[C@@H](CC=O)c1ccc([N+](=O)[O-])cc1. The Morgan fingerprint density at radius 1 is 1.32 bits per heavy atom. The zero-order chi connectivity index (χ0) is 13.8. The lowest BCUT2D eigenvalue weighted by atomic mass is 9.93. The maximum absolute atomic E-state index is 10.9. The second kappa shape index (κ2) is 5.48.